The number of aromatic amines is 2. The Kier molecular flexibility index (Phi) is 20.3. The van der Waals surface area contributed by atoms with Crippen LogP contribution in [0, 0.1) is 23.7 Å². The van der Waals surface area contributed by atoms with E-state index in [1.165, 1.54) is 10.8 Å². The van der Waals surface area contributed by atoms with Crippen molar-refractivity contribution in [3.8, 4) is 23.7 Å². The van der Waals surface area contributed by atoms with E-state index < -0.39 is 114 Å². The molecule has 2 aliphatic heterocycles. The first-order valence-electron chi connectivity index (χ1n) is 18.9. The SMILES string of the molecule is NCC#Cc1cn([C@H]2CC(OCSSCOC3C[C@H](n4cc(C#CCN)c5c(=O)[nH]c(N)nc54)O[C@@H]3COP(=O)(O)OP(=O)(O)OP(=O)(O)O)[C@@H](COP(=O)(O)OP(=O)(O)OP(=O)(O)O)O2)c(=O)[nH]c1=O. The highest BCUT2D eigenvalue weighted by atomic mass is 33.1. The Morgan fingerprint density at radius 3 is 1.58 bits per heavy atom. The molecule has 35 nitrogen and oxygen atoms in total. The summed E-state index contributed by atoms with van der Waals surface area (Å²) in [5.41, 5.74) is 14.0. The number of nitrogens with two attached hydrogens (primary N) is 3. The minimum absolute atomic E-state index is 0.0209. The number of phosphoric ester groups is 2. The number of anilines is 1. The molecule has 0 aliphatic carbocycles. The molecule has 0 saturated carbocycles. The minimum atomic E-state index is -5.91. The van der Waals surface area contributed by atoms with Crippen molar-refractivity contribution in [1.82, 2.24) is 24.1 Å². The van der Waals surface area contributed by atoms with Crippen molar-refractivity contribution in [3.05, 3.63) is 54.7 Å². The van der Waals surface area contributed by atoms with Crippen molar-refractivity contribution in [3.63, 3.8) is 0 Å². The van der Waals surface area contributed by atoms with Gasteiger partial charge in [-0.25, -0.2) is 32.2 Å². The highest BCUT2D eigenvalue weighted by molar-refractivity contribution is 8.76. The Bertz CT molecular complexity index is 3050. The molecule has 10 atom stereocenters. The van der Waals surface area contributed by atoms with Gasteiger partial charge in [-0.05, 0) is 0 Å². The van der Waals surface area contributed by atoms with E-state index in [0.29, 0.717) is 0 Å². The van der Waals surface area contributed by atoms with Crippen LogP contribution >= 0.6 is 68.5 Å². The maximum absolute atomic E-state index is 12.9. The second-order valence-corrected chi connectivity index (χ2v) is 24.9. The van der Waals surface area contributed by atoms with Crippen LogP contribution in [0.2, 0.25) is 0 Å². The van der Waals surface area contributed by atoms with Gasteiger partial charge < -0.3 is 79.9 Å². The summed E-state index contributed by atoms with van der Waals surface area (Å²) < 4.78 is 122. The van der Waals surface area contributed by atoms with Crippen molar-refractivity contribution in [2.45, 2.75) is 49.7 Å². The summed E-state index contributed by atoms with van der Waals surface area (Å²) in [6.45, 7) is -2.23. The van der Waals surface area contributed by atoms with Crippen LogP contribution < -0.4 is 34.0 Å². The maximum atomic E-state index is 12.9. The zero-order valence-electron chi connectivity index (χ0n) is 35.2. The van der Waals surface area contributed by atoms with Crippen molar-refractivity contribution in [1.29, 1.82) is 0 Å². The molecule has 71 heavy (non-hydrogen) atoms. The van der Waals surface area contributed by atoms with E-state index in [1.54, 1.807) is 0 Å². The predicted molar refractivity (Wildman–Crippen MR) is 239 cm³/mol. The average Bonchev–Trinajstić information content (AvgIpc) is 3.92. The molecule has 2 aliphatic rings. The number of nitrogen functional groups attached to an aromatic ring is 1. The number of phosphoric acid groups is 6. The number of hydrogen-bond acceptors (Lipinski definition) is 25. The van der Waals surface area contributed by atoms with Gasteiger partial charge >= 0.3 is 52.6 Å². The molecule has 0 aromatic carbocycles. The molecule has 2 saturated heterocycles. The molecule has 5 rings (SSSR count). The van der Waals surface area contributed by atoms with Crippen molar-refractivity contribution in [2.24, 2.45) is 11.5 Å². The number of nitrogens with zero attached hydrogens (tertiary/aromatic N) is 3. The van der Waals surface area contributed by atoms with Crippen LogP contribution in [-0.2, 0) is 72.6 Å². The second-order valence-electron chi connectivity index (χ2n) is 13.7. The zero-order chi connectivity index (χ0) is 52.7. The van der Waals surface area contributed by atoms with Gasteiger partial charge in [0.15, 0.2) is 5.65 Å². The third-order valence-electron chi connectivity index (χ3n) is 8.68. The molecule has 0 radical (unpaired) electrons. The van der Waals surface area contributed by atoms with Crippen LogP contribution in [0.1, 0.15) is 36.4 Å². The van der Waals surface area contributed by atoms with Gasteiger partial charge in [-0.1, -0.05) is 45.3 Å². The summed E-state index contributed by atoms with van der Waals surface area (Å²) in [4.78, 5) is 121. The van der Waals surface area contributed by atoms with Gasteiger partial charge in [-0.3, -0.25) is 33.2 Å². The van der Waals surface area contributed by atoms with E-state index in [4.69, 9.17) is 64.8 Å². The molecule has 396 valence electrons. The normalized spacial score (nSPS) is 24.0. The highest BCUT2D eigenvalue weighted by Crippen LogP contribution is 2.67. The Balaban J connectivity index is 1.30. The summed E-state index contributed by atoms with van der Waals surface area (Å²) >= 11 is 0. The molecular weight excluding hydrogens is 1130 g/mol. The van der Waals surface area contributed by atoms with E-state index in [0.717, 1.165) is 32.4 Å². The molecule has 0 spiro atoms. The number of aromatic nitrogens is 5. The van der Waals surface area contributed by atoms with Crippen LogP contribution in [0.4, 0.5) is 5.95 Å². The Morgan fingerprint density at radius 1 is 0.662 bits per heavy atom. The smallest absolute Gasteiger partial charge is 0.369 e. The van der Waals surface area contributed by atoms with Gasteiger partial charge in [0.25, 0.3) is 11.1 Å². The van der Waals surface area contributed by atoms with Crippen molar-refractivity contribution in [2.75, 3.05) is 43.9 Å². The fraction of sp³-hybridized carbons (Fsp3) is 0.500. The molecule has 3 aromatic heterocycles. The first kappa shape index (κ1) is 59.2. The van der Waals surface area contributed by atoms with Crippen LogP contribution in [0.5, 0.6) is 0 Å². The lowest BCUT2D eigenvalue weighted by Gasteiger charge is -2.21. The Hall–Kier alpha value is -2.70. The van der Waals surface area contributed by atoms with E-state index in [-0.39, 0.29) is 65.9 Å². The fourth-order valence-electron chi connectivity index (χ4n) is 6.20. The minimum Gasteiger partial charge on any atom is -0.369 e. The van der Waals surface area contributed by atoms with E-state index in [9.17, 15) is 61.3 Å². The third-order valence-corrected chi connectivity index (χ3v) is 18.0. The summed E-state index contributed by atoms with van der Waals surface area (Å²) in [6.07, 6.45) is -5.51. The molecular formula is C28H40N8O27P6S2. The summed E-state index contributed by atoms with van der Waals surface area (Å²) in [5.74, 6) is 9.40. The molecule has 2 fully saturated rings. The van der Waals surface area contributed by atoms with Gasteiger partial charge in [-0.2, -0.15) is 22.2 Å². The number of ether oxygens (including phenoxy) is 4. The van der Waals surface area contributed by atoms with Gasteiger partial charge in [0.2, 0.25) is 5.95 Å². The van der Waals surface area contributed by atoms with Gasteiger partial charge in [0.1, 0.15) is 42.1 Å². The van der Waals surface area contributed by atoms with E-state index in [1.807, 2.05) is 4.98 Å². The summed E-state index contributed by atoms with van der Waals surface area (Å²) in [6, 6.07) is 0. The van der Waals surface area contributed by atoms with Crippen LogP contribution in [0.3, 0.4) is 0 Å². The number of nitrogens with one attached hydrogen (secondary N) is 2. The molecule has 5 heterocycles. The lowest BCUT2D eigenvalue weighted by atomic mass is 10.2. The molecule has 16 N–H and O–H groups in total. The van der Waals surface area contributed by atoms with Crippen LogP contribution in [0.25, 0.3) is 11.0 Å². The van der Waals surface area contributed by atoms with E-state index in [2.05, 4.69) is 50.9 Å². The van der Waals surface area contributed by atoms with Crippen LogP contribution in [0.15, 0.2) is 26.8 Å². The Morgan fingerprint density at radius 2 is 1.11 bits per heavy atom. The maximum Gasteiger partial charge on any atom is 0.490 e. The lowest BCUT2D eigenvalue weighted by Crippen LogP contribution is -2.33. The first-order chi connectivity index (χ1) is 32.9. The number of hydrogen-bond donors (Lipinski definition) is 13. The molecule has 0 amide bonds. The second kappa shape index (κ2) is 24.3. The average molecular weight is 1170 g/mol. The molecule has 3 aromatic rings. The molecule has 43 heteroatoms. The summed E-state index contributed by atoms with van der Waals surface area (Å²) in [7, 11) is -32.7. The van der Waals surface area contributed by atoms with Gasteiger partial charge in [0.05, 0.1) is 49.5 Å². The van der Waals surface area contributed by atoms with Crippen molar-refractivity contribution >= 4 is 85.5 Å². The topological polar surface area (TPSA) is 540 Å². The van der Waals surface area contributed by atoms with Gasteiger partial charge in [-0.15, -0.1) is 0 Å². The zero-order valence-corrected chi connectivity index (χ0v) is 42.2. The number of fused-ring (bicyclic) bond motifs is 1. The predicted octanol–water partition coefficient (Wildman–Crippen LogP) is -1.19. The van der Waals surface area contributed by atoms with Crippen LogP contribution in [-0.4, -0.2) is 126 Å². The standard InChI is InChI=1S/C28H40N8O27P6S2/c29-5-1-3-15-9-35(24-23(15)26(38)33-27(31)32-24)21-7-17(19(58-21)11-56-66(46,47)62-68(50,51)60-64(40,41)42)54-13-70-71-14-55-18-8-22(36-10-16(4-2-6-30)25(37)34-28(36)39)59-20(18)12-57-67(48,49)63-69(52,53)61-65(43,44)45/h9-10,17-22H,5-8,11-14,29-30H2,(H,46,47)(H,48,49)(H,50,51)(H,52,53)(H,34,37,39)(H2,40,41,42)(H2,43,44,45)(H3,31,32,33,38)/t17?,18?,19-,20-,21-,22-/m1/s1. The largest absolute Gasteiger partial charge is 0.490 e. The number of H-pyrrole nitrogens is 2. The monoisotopic (exact) mass is 1170 g/mol. The summed E-state index contributed by atoms with van der Waals surface area (Å²) in [5, 5.41) is -0.0209. The highest BCUT2D eigenvalue weighted by Gasteiger charge is 2.46. The number of rotatable bonds is 23. The van der Waals surface area contributed by atoms with Gasteiger partial charge in [0, 0.05) is 25.2 Å². The lowest BCUT2D eigenvalue weighted by molar-refractivity contribution is -0.0544. The fourth-order valence-corrected chi connectivity index (χ4v) is 13.6. The third kappa shape index (κ3) is 18.0. The van der Waals surface area contributed by atoms with E-state index >= 15 is 0 Å². The molecule has 6 unspecified atom stereocenters. The molecule has 0 bridgehead atoms. The first-order valence-corrected chi connectivity index (χ1v) is 30.4. The Labute approximate surface area is 403 Å². The van der Waals surface area contributed by atoms with Crippen molar-refractivity contribution < 1.29 is 112 Å². The quantitative estimate of drug-likeness (QED) is 0.0174.